The van der Waals surface area contributed by atoms with Crippen LogP contribution in [0.1, 0.15) is 25.1 Å². The van der Waals surface area contributed by atoms with Gasteiger partial charge in [-0.2, -0.15) is 5.10 Å². The van der Waals surface area contributed by atoms with Crippen LogP contribution in [0.3, 0.4) is 0 Å². The SMILES string of the molecule is CN1CCC(CCn2c(CO)n[nH]c2=S)CC1. The maximum absolute atomic E-state index is 9.15. The summed E-state index contributed by atoms with van der Waals surface area (Å²) in [4.78, 5) is 2.37. The van der Waals surface area contributed by atoms with Gasteiger partial charge in [-0.3, -0.25) is 5.10 Å². The number of hydrogen-bond donors (Lipinski definition) is 2. The molecule has 1 aromatic heterocycles. The lowest BCUT2D eigenvalue weighted by Crippen LogP contribution is -2.30. The second-order valence-electron chi connectivity index (χ2n) is 4.79. The van der Waals surface area contributed by atoms with E-state index in [9.17, 15) is 0 Å². The highest BCUT2D eigenvalue weighted by atomic mass is 32.1. The Morgan fingerprint density at radius 1 is 1.47 bits per heavy atom. The van der Waals surface area contributed by atoms with Gasteiger partial charge in [0.05, 0.1) is 0 Å². The molecule has 0 spiro atoms. The first-order valence-electron chi connectivity index (χ1n) is 6.14. The van der Waals surface area contributed by atoms with Gasteiger partial charge in [-0.15, -0.1) is 0 Å². The summed E-state index contributed by atoms with van der Waals surface area (Å²) in [6.07, 6.45) is 3.64. The number of aliphatic hydroxyl groups is 1. The number of nitrogens with zero attached hydrogens (tertiary/aromatic N) is 3. The van der Waals surface area contributed by atoms with E-state index in [4.69, 9.17) is 17.3 Å². The Morgan fingerprint density at radius 3 is 2.82 bits per heavy atom. The number of piperidine rings is 1. The van der Waals surface area contributed by atoms with Crippen molar-refractivity contribution in [2.24, 2.45) is 5.92 Å². The van der Waals surface area contributed by atoms with E-state index < -0.39 is 0 Å². The van der Waals surface area contributed by atoms with Gasteiger partial charge in [0.2, 0.25) is 0 Å². The first-order chi connectivity index (χ1) is 8.20. The number of H-pyrrole nitrogens is 1. The first kappa shape index (κ1) is 12.7. The van der Waals surface area contributed by atoms with Gasteiger partial charge < -0.3 is 14.6 Å². The Balaban J connectivity index is 1.89. The van der Waals surface area contributed by atoms with Gasteiger partial charge in [-0.05, 0) is 57.5 Å². The van der Waals surface area contributed by atoms with Crippen LogP contribution in [-0.4, -0.2) is 44.9 Å². The van der Waals surface area contributed by atoms with Gasteiger partial charge >= 0.3 is 0 Å². The van der Waals surface area contributed by atoms with Crippen molar-refractivity contribution in [1.82, 2.24) is 19.7 Å². The molecule has 6 heteroatoms. The van der Waals surface area contributed by atoms with E-state index in [0.29, 0.717) is 10.6 Å². The molecule has 0 unspecified atom stereocenters. The monoisotopic (exact) mass is 256 g/mol. The number of rotatable bonds is 4. The van der Waals surface area contributed by atoms with Crippen molar-refractivity contribution in [2.45, 2.75) is 32.4 Å². The number of aromatic amines is 1. The third-order valence-electron chi connectivity index (χ3n) is 3.58. The van der Waals surface area contributed by atoms with E-state index in [2.05, 4.69) is 22.1 Å². The van der Waals surface area contributed by atoms with Crippen molar-refractivity contribution >= 4 is 12.2 Å². The Morgan fingerprint density at radius 2 is 2.18 bits per heavy atom. The van der Waals surface area contributed by atoms with Crippen molar-refractivity contribution in [3.05, 3.63) is 10.6 Å². The molecule has 0 aromatic carbocycles. The highest BCUT2D eigenvalue weighted by Crippen LogP contribution is 2.20. The highest BCUT2D eigenvalue weighted by Gasteiger charge is 2.17. The van der Waals surface area contributed by atoms with Crippen molar-refractivity contribution in [2.75, 3.05) is 20.1 Å². The van der Waals surface area contributed by atoms with Gasteiger partial charge in [0.1, 0.15) is 6.61 Å². The Labute approximate surface area is 106 Å². The number of hydrogen-bond acceptors (Lipinski definition) is 4. The normalized spacial score (nSPS) is 18.7. The van der Waals surface area contributed by atoms with Crippen LogP contribution in [0.25, 0.3) is 0 Å². The summed E-state index contributed by atoms with van der Waals surface area (Å²) < 4.78 is 2.52. The number of likely N-dealkylation sites (tertiary alicyclic amines) is 1. The molecule has 2 heterocycles. The minimum atomic E-state index is -0.0550. The summed E-state index contributed by atoms with van der Waals surface area (Å²) in [6, 6.07) is 0. The lowest BCUT2D eigenvalue weighted by Gasteiger charge is -2.28. The zero-order valence-electron chi connectivity index (χ0n) is 10.2. The van der Waals surface area contributed by atoms with Gasteiger partial charge in [0, 0.05) is 6.54 Å². The molecule has 0 atom stereocenters. The molecule has 1 aliphatic heterocycles. The molecule has 5 nitrogen and oxygen atoms in total. The van der Waals surface area contributed by atoms with Crippen molar-refractivity contribution in [3.8, 4) is 0 Å². The van der Waals surface area contributed by atoms with Gasteiger partial charge in [-0.25, -0.2) is 0 Å². The highest BCUT2D eigenvalue weighted by molar-refractivity contribution is 7.71. The standard InChI is InChI=1S/C11H20N4OS/c1-14-5-2-9(3-6-14)4-7-15-10(8-16)12-13-11(15)17/h9,16H,2-8H2,1H3,(H,13,17). The summed E-state index contributed by atoms with van der Waals surface area (Å²) >= 11 is 5.15. The van der Waals surface area contributed by atoms with E-state index in [-0.39, 0.29) is 6.61 Å². The lowest BCUT2D eigenvalue weighted by molar-refractivity contribution is 0.205. The van der Waals surface area contributed by atoms with Gasteiger partial charge in [-0.1, -0.05) is 0 Å². The van der Waals surface area contributed by atoms with Crippen LogP contribution in [0.4, 0.5) is 0 Å². The molecule has 2 N–H and O–H groups in total. The molecule has 0 aliphatic carbocycles. The fourth-order valence-corrected chi connectivity index (χ4v) is 2.61. The van der Waals surface area contributed by atoms with Gasteiger partial charge in [0.15, 0.2) is 10.6 Å². The molecule has 0 saturated carbocycles. The fraction of sp³-hybridized carbons (Fsp3) is 0.818. The molecule has 1 saturated heterocycles. The van der Waals surface area contributed by atoms with Crippen LogP contribution >= 0.6 is 12.2 Å². The number of aromatic nitrogens is 3. The summed E-state index contributed by atoms with van der Waals surface area (Å²) in [5, 5.41) is 15.9. The van der Waals surface area contributed by atoms with E-state index >= 15 is 0 Å². The Bertz CT molecular complexity index is 406. The Hall–Kier alpha value is -0.720. The summed E-state index contributed by atoms with van der Waals surface area (Å²) in [5.74, 6) is 1.41. The maximum atomic E-state index is 9.15. The zero-order chi connectivity index (χ0) is 12.3. The van der Waals surface area contributed by atoms with Crippen LogP contribution in [0.2, 0.25) is 0 Å². The summed E-state index contributed by atoms with van der Waals surface area (Å²) in [5.41, 5.74) is 0. The van der Waals surface area contributed by atoms with E-state index in [0.717, 1.165) is 18.9 Å². The topological polar surface area (TPSA) is 57.1 Å². The minimum absolute atomic E-state index is 0.0550. The van der Waals surface area contributed by atoms with Gasteiger partial charge in [0.25, 0.3) is 0 Å². The molecular weight excluding hydrogens is 236 g/mol. The average molecular weight is 256 g/mol. The lowest BCUT2D eigenvalue weighted by atomic mass is 9.94. The molecule has 1 aliphatic rings. The van der Waals surface area contributed by atoms with E-state index in [1.807, 2.05) is 4.57 Å². The van der Waals surface area contributed by atoms with Crippen LogP contribution in [0.15, 0.2) is 0 Å². The van der Waals surface area contributed by atoms with Crippen molar-refractivity contribution in [1.29, 1.82) is 0 Å². The van der Waals surface area contributed by atoms with Crippen molar-refractivity contribution in [3.63, 3.8) is 0 Å². The molecule has 1 aromatic rings. The molecular formula is C11H20N4OS. The third kappa shape index (κ3) is 3.14. The predicted octanol–water partition coefficient (Wildman–Crippen LogP) is 1.16. The molecule has 0 radical (unpaired) electrons. The second-order valence-corrected chi connectivity index (χ2v) is 5.18. The molecule has 17 heavy (non-hydrogen) atoms. The second kappa shape index (κ2) is 5.75. The molecule has 0 amide bonds. The number of nitrogens with one attached hydrogen (secondary N) is 1. The van der Waals surface area contributed by atoms with E-state index in [1.165, 1.54) is 25.9 Å². The Kier molecular flexibility index (Phi) is 4.31. The van der Waals surface area contributed by atoms with Crippen LogP contribution in [-0.2, 0) is 13.2 Å². The predicted molar refractivity (Wildman–Crippen MR) is 68.2 cm³/mol. The van der Waals surface area contributed by atoms with Crippen molar-refractivity contribution < 1.29 is 5.11 Å². The number of aliphatic hydroxyl groups excluding tert-OH is 1. The molecule has 0 bridgehead atoms. The summed E-state index contributed by atoms with van der Waals surface area (Å²) in [7, 11) is 2.17. The molecule has 96 valence electrons. The largest absolute Gasteiger partial charge is 0.388 e. The maximum Gasteiger partial charge on any atom is 0.195 e. The minimum Gasteiger partial charge on any atom is -0.388 e. The third-order valence-corrected chi connectivity index (χ3v) is 3.89. The fourth-order valence-electron chi connectivity index (χ4n) is 2.36. The molecule has 1 fully saturated rings. The molecule has 2 rings (SSSR count). The average Bonchev–Trinajstić information content (AvgIpc) is 2.69. The van der Waals surface area contributed by atoms with Crippen LogP contribution < -0.4 is 0 Å². The quantitative estimate of drug-likeness (QED) is 0.794. The van der Waals surface area contributed by atoms with Crippen LogP contribution in [0, 0.1) is 10.7 Å². The van der Waals surface area contributed by atoms with E-state index in [1.54, 1.807) is 0 Å². The smallest absolute Gasteiger partial charge is 0.195 e. The van der Waals surface area contributed by atoms with Crippen LogP contribution in [0.5, 0.6) is 0 Å². The zero-order valence-corrected chi connectivity index (χ0v) is 11.0. The summed E-state index contributed by atoms with van der Waals surface area (Å²) in [6.45, 7) is 3.18. The first-order valence-corrected chi connectivity index (χ1v) is 6.55.